The molecule has 3 aromatic carbocycles. The Balaban J connectivity index is 1.29. The van der Waals surface area contributed by atoms with E-state index in [4.69, 9.17) is 14.2 Å². The summed E-state index contributed by atoms with van der Waals surface area (Å²) in [6, 6.07) is 18.2. The van der Waals surface area contributed by atoms with Gasteiger partial charge >= 0.3 is 0 Å². The van der Waals surface area contributed by atoms with Gasteiger partial charge < -0.3 is 24.4 Å². The zero-order valence-electron chi connectivity index (χ0n) is 19.8. The molecule has 0 radical (unpaired) electrons. The SMILES string of the molecule is Oc1ccc2c(c1)OCCC1=C2C(c2ccc(OCCN3CC(CF)C3)cc2)Oc2ccc(O)cc21. The Bertz CT molecular complexity index is 1300. The summed E-state index contributed by atoms with van der Waals surface area (Å²) in [6.07, 6.45) is 0.247. The van der Waals surface area contributed by atoms with Gasteiger partial charge in [0.25, 0.3) is 0 Å². The van der Waals surface area contributed by atoms with Gasteiger partial charge in [0.05, 0.1) is 13.3 Å². The van der Waals surface area contributed by atoms with Gasteiger partial charge in [0, 0.05) is 54.7 Å². The van der Waals surface area contributed by atoms with Crippen LogP contribution in [0.4, 0.5) is 4.39 Å². The molecule has 0 amide bonds. The molecule has 3 aromatic rings. The van der Waals surface area contributed by atoms with Crippen LogP contribution in [0.3, 0.4) is 0 Å². The van der Waals surface area contributed by atoms with Crippen LogP contribution in [0.2, 0.25) is 0 Å². The van der Waals surface area contributed by atoms with E-state index < -0.39 is 6.10 Å². The van der Waals surface area contributed by atoms with Crippen LogP contribution in [0.5, 0.6) is 28.7 Å². The first-order chi connectivity index (χ1) is 17.6. The quantitative estimate of drug-likeness (QED) is 0.496. The monoisotopic (exact) mass is 489 g/mol. The van der Waals surface area contributed by atoms with Crippen molar-refractivity contribution in [1.82, 2.24) is 4.90 Å². The molecule has 3 aliphatic heterocycles. The summed E-state index contributed by atoms with van der Waals surface area (Å²) in [6.45, 7) is 3.15. The lowest BCUT2D eigenvalue weighted by molar-refractivity contribution is 0.0668. The third-order valence-corrected chi connectivity index (χ3v) is 7.10. The second-order valence-corrected chi connectivity index (χ2v) is 9.55. The fourth-order valence-electron chi connectivity index (χ4n) is 5.26. The molecule has 0 spiro atoms. The molecular weight excluding hydrogens is 461 g/mol. The lowest BCUT2D eigenvalue weighted by Gasteiger charge is -2.37. The molecule has 1 saturated heterocycles. The van der Waals surface area contributed by atoms with E-state index in [0.29, 0.717) is 31.1 Å². The zero-order chi connectivity index (χ0) is 24.6. The Kier molecular flexibility index (Phi) is 5.93. The fourth-order valence-corrected chi connectivity index (χ4v) is 5.26. The Morgan fingerprint density at radius 3 is 2.50 bits per heavy atom. The van der Waals surface area contributed by atoms with Gasteiger partial charge in [-0.15, -0.1) is 0 Å². The van der Waals surface area contributed by atoms with Crippen LogP contribution in [-0.2, 0) is 0 Å². The molecule has 6 nitrogen and oxygen atoms in total. The van der Waals surface area contributed by atoms with Gasteiger partial charge in [0.1, 0.15) is 41.5 Å². The van der Waals surface area contributed by atoms with Gasteiger partial charge in [0.15, 0.2) is 0 Å². The van der Waals surface area contributed by atoms with Gasteiger partial charge in [-0.05, 0) is 53.6 Å². The number of fused-ring (bicyclic) bond motifs is 4. The van der Waals surface area contributed by atoms with Crippen LogP contribution in [0.15, 0.2) is 60.7 Å². The van der Waals surface area contributed by atoms with Gasteiger partial charge in [0.2, 0.25) is 0 Å². The number of phenolic OH excluding ortho intramolecular Hbond substituents is 2. The lowest BCUT2D eigenvalue weighted by Crippen LogP contribution is -2.49. The van der Waals surface area contributed by atoms with Gasteiger partial charge in [-0.25, -0.2) is 0 Å². The molecule has 7 heteroatoms. The molecule has 1 atom stereocenters. The molecule has 3 aliphatic rings. The molecule has 3 heterocycles. The molecule has 0 bridgehead atoms. The number of hydrogen-bond donors (Lipinski definition) is 2. The zero-order valence-corrected chi connectivity index (χ0v) is 19.8. The van der Waals surface area contributed by atoms with Crippen LogP contribution >= 0.6 is 0 Å². The van der Waals surface area contributed by atoms with Crippen molar-refractivity contribution in [3.05, 3.63) is 77.4 Å². The Morgan fingerprint density at radius 1 is 0.917 bits per heavy atom. The number of phenols is 2. The highest BCUT2D eigenvalue weighted by molar-refractivity contribution is 5.98. The number of aromatic hydroxyl groups is 2. The first-order valence-electron chi connectivity index (χ1n) is 12.3. The van der Waals surface area contributed by atoms with E-state index in [1.54, 1.807) is 30.3 Å². The maximum atomic E-state index is 12.6. The maximum Gasteiger partial charge on any atom is 0.150 e. The summed E-state index contributed by atoms with van der Waals surface area (Å²) in [5.74, 6) is 2.59. The Labute approximate surface area is 209 Å². The van der Waals surface area contributed by atoms with Crippen LogP contribution in [0, 0.1) is 5.92 Å². The highest BCUT2D eigenvalue weighted by Crippen LogP contribution is 2.51. The van der Waals surface area contributed by atoms with Crippen molar-refractivity contribution < 1.29 is 28.8 Å². The highest BCUT2D eigenvalue weighted by Gasteiger charge is 2.34. The first-order valence-corrected chi connectivity index (χ1v) is 12.3. The summed E-state index contributed by atoms with van der Waals surface area (Å²) < 4.78 is 31.1. The number of hydrogen-bond acceptors (Lipinski definition) is 6. The summed E-state index contributed by atoms with van der Waals surface area (Å²) in [5, 5.41) is 20.2. The fraction of sp³-hybridized carbons (Fsp3) is 0.310. The van der Waals surface area contributed by atoms with E-state index in [-0.39, 0.29) is 24.1 Å². The number of alkyl halides is 1. The van der Waals surface area contributed by atoms with Crippen molar-refractivity contribution in [2.45, 2.75) is 12.5 Å². The molecule has 0 aliphatic carbocycles. The largest absolute Gasteiger partial charge is 0.508 e. The number of rotatable bonds is 6. The van der Waals surface area contributed by atoms with E-state index in [0.717, 1.165) is 53.2 Å². The van der Waals surface area contributed by atoms with Gasteiger partial charge in [-0.1, -0.05) is 12.1 Å². The summed E-state index contributed by atoms with van der Waals surface area (Å²) in [4.78, 5) is 2.20. The molecule has 36 heavy (non-hydrogen) atoms. The normalized spacial score (nSPS) is 19.2. The van der Waals surface area contributed by atoms with Crippen LogP contribution in [-0.4, -0.2) is 54.6 Å². The van der Waals surface area contributed by atoms with E-state index in [1.807, 2.05) is 30.3 Å². The van der Waals surface area contributed by atoms with Crippen molar-refractivity contribution in [3.63, 3.8) is 0 Å². The average Bonchev–Trinajstić information content (AvgIpc) is 3.05. The number of halogens is 1. The summed E-state index contributed by atoms with van der Waals surface area (Å²) >= 11 is 0. The first kappa shape index (κ1) is 22.7. The van der Waals surface area contributed by atoms with Gasteiger partial charge in [-0.2, -0.15) is 0 Å². The van der Waals surface area contributed by atoms with Crippen molar-refractivity contribution >= 4 is 11.1 Å². The molecule has 6 rings (SSSR count). The maximum absolute atomic E-state index is 12.6. The van der Waals surface area contributed by atoms with Crippen molar-refractivity contribution in [3.8, 4) is 28.7 Å². The second-order valence-electron chi connectivity index (χ2n) is 9.55. The smallest absolute Gasteiger partial charge is 0.150 e. The van der Waals surface area contributed by atoms with Crippen molar-refractivity contribution in [2.75, 3.05) is 39.5 Å². The van der Waals surface area contributed by atoms with E-state index >= 15 is 0 Å². The van der Waals surface area contributed by atoms with Crippen molar-refractivity contribution in [2.24, 2.45) is 5.92 Å². The molecule has 0 saturated carbocycles. The third kappa shape index (κ3) is 4.24. The van der Waals surface area contributed by atoms with E-state index in [9.17, 15) is 14.6 Å². The van der Waals surface area contributed by atoms with Crippen LogP contribution in [0.1, 0.15) is 29.2 Å². The molecule has 1 unspecified atom stereocenters. The van der Waals surface area contributed by atoms with Crippen LogP contribution in [0.25, 0.3) is 11.1 Å². The molecule has 0 aromatic heterocycles. The standard InChI is InChI=1S/C29H28FNO5/c30-15-18-16-31(17-18)10-12-34-22-5-1-19(2-6-22)29-28-23(25-13-20(32)4-8-26(25)36-29)9-11-35-27-14-21(33)3-7-24(27)28/h1-8,13-14,18,29,32-33H,9-12,15-17H2. The minimum atomic E-state index is -0.394. The molecular formula is C29H28FNO5. The number of benzene rings is 3. The summed E-state index contributed by atoms with van der Waals surface area (Å²) in [5.41, 5.74) is 4.70. The minimum Gasteiger partial charge on any atom is -0.508 e. The summed E-state index contributed by atoms with van der Waals surface area (Å²) in [7, 11) is 0. The number of nitrogens with zero attached hydrogens (tertiary/aromatic N) is 1. The molecule has 2 N–H and O–H groups in total. The minimum absolute atomic E-state index is 0.143. The highest BCUT2D eigenvalue weighted by atomic mass is 19.1. The number of ether oxygens (including phenoxy) is 3. The van der Waals surface area contributed by atoms with E-state index in [2.05, 4.69) is 4.90 Å². The van der Waals surface area contributed by atoms with Gasteiger partial charge in [-0.3, -0.25) is 9.29 Å². The molecule has 1 fully saturated rings. The number of likely N-dealkylation sites (tertiary alicyclic amines) is 1. The Morgan fingerprint density at radius 2 is 1.69 bits per heavy atom. The molecule has 186 valence electrons. The van der Waals surface area contributed by atoms with Crippen LogP contribution < -0.4 is 14.2 Å². The second kappa shape index (κ2) is 9.39. The third-order valence-electron chi connectivity index (χ3n) is 7.10. The van der Waals surface area contributed by atoms with E-state index in [1.165, 1.54) is 0 Å². The topological polar surface area (TPSA) is 71.4 Å². The predicted molar refractivity (Wildman–Crippen MR) is 134 cm³/mol. The lowest BCUT2D eigenvalue weighted by atomic mass is 9.84. The Hall–Kier alpha value is -3.71. The van der Waals surface area contributed by atoms with Crippen molar-refractivity contribution in [1.29, 1.82) is 0 Å². The average molecular weight is 490 g/mol. The predicted octanol–water partition coefficient (Wildman–Crippen LogP) is 5.20.